The number of hydrogen-bond donors (Lipinski definition) is 0. The fraction of sp³-hybridized carbons (Fsp3) is 0.0400. The Bertz CT molecular complexity index is 7480. The Kier molecular flexibility index (Phi) is 14.3. The molecule has 0 saturated carbocycles. The van der Waals surface area contributed by atoms with E-state index in [0.29, 0.717) is 0 Å². The summed E-state index contributed by atoms with van der Waals surface area (Å²) in [5.41, 5.74) is 36.3. The van der Waals surface area contributed by atoms with Crippen LogP contribution in [0.1, 0.15) is 111 Å². The highest BCUT2D eigenvalue weighted by Gasteiger charge is 2.58. The molecule has 5 heterocycles. The number of benzene rings is 20. The summed E-state index contributed by atoms with van der Waals surface area (Å²) in [6.07, 6.45) is 0. The summed E-state index contributed by atoms with van der Waals surface area (Å²) < 4.78 is 35.5. The van der Waals surface area contributed by atoms with Gasteiger partial charge >= 0.3 is 0 Å². The van der Waals surface area contributed by atoms with E-state index in [2.05, 4.69) is 459 Å². The lowest BCUT2D eigenvalue weighted by Crippen LogP contribution is -2.33. The van der Waals surface area contributed by atoms with Gasteiger partial charge in [-0.15, -0.1) is 0 Å². The van der Waals surface area contributed by atoms with Crippen LogP contribution in [0.3, 0.4) is 0 Å². The summed E-state index contributed by atoms with van der Waals surface area (Å²) in [5, 5.41) is 0. The Morgan fingerprint density at radius 1 is 0.114 bits per heavy atom. The molecule has 0 fully saturated rings. The van der Waals surface area contributed by atoms with Crippen molar-refractivity contribution in [3.8, 4) is 113 Å². The molecule has 7 nitrogen and oxygen atoms in total. The van der Waals surface area contributed by atoms with Crippen molar-refractivity contribution in [2.24, 2.45) is 0 Å². The lowest BCUT2D eigenvalue weighted by molar-refractivity contribution is 0.436. The minimum absolute atomic E-state index is 0.773. The fourth-order valence-electron chi connectivity index (χ4n) is 26.0. The van der Waals surface area contributed by atoms with Gasteiger partial charge in [-0.2, -0.15) is 0 Å². The Morgan fingerprint density at radius 3 is 0.394 bits per heavy atom. The van der Waals surface area contributed by atoms with E-state index in [1.54, 1.807) is 0 Å². The van der Waals surface area contributed by atoms with Crippen LogP contribution in [-0.4, -0.2) is 0 Å². The molecule has 7 heteroatoms. The van der Waals surface area contributed by atoms with Crippen LogP contribution < -0.4 is 33.5 Å². The zero-order valence-corrected chi connectivity index (χ0v) is 71.2. The van der Waals surface area contributed by atoms with Crippen molar-refractivity contribution < 1.29 is 23.7 Å². The van der Waals surface area contributed by atoms with Crippen molar-refractivity contribution in [3.63, 3.8) is 0 Å². The van der Waals surface area contributed by atoms with Crippen LogP contribution in [0.25, 0.3) is 55.6 Å². The molecule has 0 saturated heterocycles. The molecule has 0 amide bonds. The Hall–Kier alpha value is -17.0. The first-order valence-electron chi connectivity index (χ1n) is 45.6. The first-order valence-corrected chi connectivity index (χ1v) is 45.6. The third kappa shape index (κ3) is 8.90. The fourth-order valence-corrected chi connectivity index (χ4v) is 26.0. The Balaban J connectivity index is 0.684. The highest BCUT2D eigenvalue weighted by molar-refractivity contribution is 6.00. The van der Waals surface area contributed by atoms with E-state index in [4.69, 9.17) is 23.7 Å². The van der Waals surface area contributed by atoms with Gasteiger partial charge in [-0.05, 0) is 245 Å². The number of hydrogen-bond acceptors (Lipinski definition) is 7. The Labute approximate surface area is 762 Å². The van der Waals surface area contributed by atoms with Crippen molar-refractivity contribution in [1.29, 1.82) is 0 Å². The van der Waals surface area contributed by atoms with Crippen molar-refractivity contribution >= 4 is 34.1 Å². The summed E-state index contributed by atoms with van der Waals surface area (Å²) >= 11 is 0. The zero-order valence-electron chi connectivity index (χ0n) is 71.2. The zero-order chi connectivity index (χ0) is 86.1. The van der Waals surface area contributed by atoms with Crippen LogP contribution >= 0.6 is 0 Å². The minimum Gasteiger partial charge on any atom is -0.457 e. The highest BCUT2D eigenvalue weighted by atomic mass is 16.5. The molecule has 132 heavy (non-hydrogen) atoms. The van der Waals surface area contributed by atoms with E-state index < -0.39 is 27.1 Å². The summed E-state index contributed by atoms with van der Waals surface area (Å²) in [6, 6.07) is 167. The molecule has 614 valence electrons. The number of fused-ring (bicyclic) bond motifs is 45. The second-order valence-corrected chi connectivity index (χ2v) is 36.5. The van der Waals surface area contributed by atoms with E-state index in [0.717, 1.165) is 170 Å². The topological polar surface area (TPSA) is 52.6 Å². The Morgan fingerprint density at radius 2 is 0.235 bits per heavy atom. The molecule has 30 rings (SSSR count). The summed E-state index contributed by atoms with van der Waals surface area (Å²) in [6.45, 7) is 0. The largest absolute Gasteiger partial charge is 0.457 e. The third-order valence-corrected chi connectivity index (χ3v) is 30.8. The monoisotopic (exact) mass is 1680 g/mol. The molecule has 0 bridgehead atoms. The van der Waals surface area contributed by atoms with Crippen LogP contribution in [0.15, 0.2) is 449 Å². The number of nitrogens with zero attached hydrogens (tertiary/aromatic N) is 2. The molecule has 0 unspecified atom stereocenters. The van der Waals surface area contributed by atoms with E-state index in [1.807, 2.05) is 0 Å². The van der Waals surface area contributed by atoms with Crippen molar-refractivity contribution in [1.82, 2.24) is 0 Å². The lowest BCUT2D eigenvalue weighted by Gasteiger charge is -2.41. The van der Waals surface area contributed by atoms with Gasteiger partial charge in [-0.25, -0.2) is 0 Å². The van der Waals surface area contributed by atoms with E-state index in [9.17, 15) is 0 Å². The number of para-hydroxylation sites is 10. The number of rotatable bonds is 6. The van der Waals surface area contributed by atoms with Crippen molar-refractivity contribution in [2.75, 3.05) is 9.80 Å². The van der Waals surface area contributed by atoms with Crippen molar-refractivity contribution in [3.05, 3.63) is 560 Å². The number of anilines is 6. The molecule has 0 radical (unpaired) electrons. The lowest BCUT2D eigenvalue weighted by atomic mass is 9.65. The maximum atomic E-state index is 7.37. The predicted molar refractivity (Wildman–Crippen MR) is 523 cm³/mol. The van der Waals surface area contributed by atoms with Gasteiger partial charge in [0.15, 0.2) is 0 Å². The highest BCUT2D eigenvalue weighted by Crippen LogP contribution is 2.71. The van der Waals surface area contributed by atoms with Gasteiger partial charge in [0.1, 0.15) is 57.5 Å². The van der Waals surface area contributed by atoms with Gasteiger partial charge in [0.2, 0.25) is 0 Å². The molecule has 5 aliphatic carbocycles. The van der Waals surface area contributed by atoms with Gasteiger partial charge in [0, 0.05) is 89.8 Å². The van der Waals surface area contributed by atoms with E-state index in [1.165, 1.54) is 89.0 Å². The average Bonchev–Trinajstić information content (AvgIpc) is 1.52. The van der Waals surface area contributed by atoms with Gasteiger partial charge in [-0.3, -0.25) is 0 Å². The average molecular weight is 1680 g/mol. The van der Waals surface area contributed by atoms with Crippen LogP contribution in [0.4, 0.5) is 34.1 Å². The molecule has 5 spiro atoms. The van der Waals surface area contributed by atoms with Gasteiger partial charge in [-0.1, -0.05) is 315 Å². The molecular formula is C125H74N2O5. The molecular weight excluding hydrogens is 1610 g/mol. The maximum Gasteiger partial charge on any atom is 0.132 e. The quantitative estimate of drug-likeness (QED) is 0.164. The minimum atomic E-state index is -1.02. The SMILES string of the molecule is c1ccc2c(c1)Oc1ccccc1C21c2ccccc2-c2ccc(N(c3ccc4c(c3)C3(c5ccccc5Oc5ccccc53)c3ccccc3-4)c3ccc4c(c3)C3(c5ccccc5Oc5ccccc53)c3cc(N(c5ccc6c(c5)C5(c7ccccc7Oc7ccccc75)c5ccccc5-6)c5ccc6c(c5)C5(c7ccccc7Oc7ccccc75)c5ccccc5-6)ccc3-4)cc21. The second kappa shape index (κ2) is 26.1. The molecule has 0 aromatic heterocycles. The predicted octanol–water partition coefficient (Wildman–Crippen LogP) is 31.0. The molecule has 5 aliphatic heterocycles. The van der Waals surface area contributed by atoms with E-state index in [-0.39, 0.29) is 0 Å². The van der Waals surface area contributed by atoms with Crippen LogP contribution in [0.2, 0.25) is 0 Å². The summed E-state index contributed by atoms with van der Waals surface area (Å²) in [4.78, 5) is 5.12. The normalized spacial score (nSPS) is 15.3. The smallest absolute Gasteiger partial charge is 0.132 e. The number of ether oxygens (including phenoxy) is 5. The van der Waals surface area contributed by atoms with Gasteiger partial charge in [0.05, 0.1) is 27.1 Å². The second-order valence-electron chi connectivity index (χ2n) is 36.5. The van der Waals surface area contributed by atoms with Crippen molar-refractivity contribution in [2.45, 2.75) is 27.1 Å². The van der Waals surface area contributed by atoms with E-state index >= 15 is 0 Å². The molecule has 0 N–H and O–H groups in total. The van der Waals surface area contributed by atoms with Gasteiger partial charge < -0.3 is 33.5 Å². The molecule has 20 aromatic carbocycles. The standard InChI is InChI=1S/C125H74N2O5/c1-5-33-91-81(29-1)85-63-57-75(69-105(85)121(91)95-37-9-19-47-111(95)128-112-48-20-10-38-96(112)121)126(76-58-64-86-82-30-2-6-34-92(82)122(106(86)70-76)97-39-11-21-49-113(97)129-114-50-22-12-40-98(114)122)79-61-67-89-90-68-62-80(74-110(90)125(109(89)73-79)103-45-17-27-55-119(103)132-120-56-28-18-46-104(120)125)127(77-59-65-87-83-31-3-7-35-93(83)123(107(87)71-77)99-41-13-23-51-115(99)130-116-52-24-14-42-100(116)123)78-60-66-88-84-32-4-8-36-94(84)124(108(88)72-78)101-43-15-25-53-117(101)131-118-54-26-16-44-102(118)124/h1-74H. The van der Waals surface area contributed by atoms with Crippen LogP contribution in [-0.2, 0) is 27.1 Å². The summed E-state index contributed by atoms with van der Waals surface area (Å²) in [7, 11) is 0. The maximum absolute atomic E-state index is 7.37. The first-order chi connectivity index (χ1) is 65.4. The molecule has 0 atom stereocenters. The molecule has 20 aromatic rings. The first kappa shape index (κ1) is 72.1. The van der Waals surface area contributed by atoms with Crippen LogP contribution in [0, 0.1) is 0 Å². The van der Waals surface area contributed by atoms with Crippen LogP contribution in [0.5, 0.6) is 57.5 Å². The molecule has 10 aliphatic rings. The van der Waals surface area contributed by atoms with Gasteiger partial charge in [0.25, 0.3) is 0 Å². The summed E-state index contributed by atoms with van der Waals surface area (Å²) in [5.74, 6) is 8.30. The third-order valence-electron chi connectivity index (χ3n) is 30.8.